The summed E-state index contributed by atoms with van der Waals surface area (Å²) in [4.78, 5) is 24.1. The third kappa shape index (κ3) is 5.38. The van der Waals surface area contributed by atoms with Crippen LogP contribution >= 0.6 is 0 Å². The van der Waals surface area contributed by atoms with Gasteiger partial charge in [0.1, 0.15) is 5.60 Å². The van der Waals surface area contributed by atoms with Crippen LogP contribution in [0, 0.1) is 5.41 Å². The predicted molar refractivity (Wildman–Crippen MR) is 91.1 cm³/mol. The average Bonchev–Trinajstić information content (AvgIpc) is 2.33. The van der Waals surface area contributed by atoms with Crippen LogP contribution in [0.25, 0.3) is 0 Å². The molecule has 0 heterocycles. The summed E-state index contributed by atoms with van der Waals surface area (Å²) in [6.07, 6.45) is 1.31. The Morgan fingerprint density at radius 1 is 1.09 bits per heavy atom. The lowest BCUT2D eigenvalue weighted by atomic mass is 9.83. The first-order valence-corrected chi connectivity index (χ1v) is 7.97. The van der Waals surface area contributed by atoms with Gasteiger partial charge in [-0.15, -0.1) is 0 Å². The maximum atomic E-state index is 12.4. The highest BCUT2D eigenvalue weighted by Crippen LogP contribution is 2.28. The maximum absolute atomic E-state index is 12.4. The summed E-state index contributed by atoms with van der Waals surface area (Å²) in [6, 6.07) is 3.44. The molecule has 0 fully saturated rings. The van der Waals surface area contributed by atoms with Crippen LogP contribution in [0.1, 0.15) is 80.3 Å². The zero-order chi connectivity index (χ0) is 18.0. The summed E-state index contributed by atoms with van der Waals surface area (Å²) >= 11 is 0. The van der Waals surface area contributed by atoms with Crippen molar-refractivity contribution in [1.82, 2.24) is 0 Å². The van der Waals surface area contributed by atoms with Crippen molar-refractivity contribution in [2.75, 3.05) is 0 Å². The molecule has 0 bridgehead atoms. The van der Waals surface area contributed by atoms with Crippen molar-refractivity contribution in [2.45, 2.75) is 66.9 Å². The first-order chi connectivity index (χ1) is 10.4. The van der Waals surface area contributed by atoms with Gasteiger partial charge in [0, 0.05) is 0 Å². The summed E-state index contributed by atoms with van der Waals surface area (Å²) in [5.74, 6) is -1.68. The Morgan fingerprint density at radius 2 is 1.65 bits per heavy atom. The van der Waals surface area contributed by atoms with E-state index < -0.39 is 17.5 Å². The fraction of sp³-hybridized carbons (Fsp3) is 0.579. The maximum Gasteiger partial charge on any atom is 0.339 e. The molecular formula is C19H28O4. The molecular weight excluding hydrogens is 292 g/mol. The fourth-order valence-corrected chi connectivity index (χ4v) is 2.58. The molecule has 0 atom stereocenters. The topological polar surface area (TPSA) is 63.6 Å². The Hall–Kier alpha value is -1.84. The number of benzene rings is 1. The molecule has 0 unspecified atom stereocenters. The number of aromatic carboxylic acids is 1. The van der Waals surface area contributed by atoms with Gasteiger partial charge in [-0.05, 0) is 56.2 Å². The van der Waals surface area contributed by atoms with Gasteiger partial charge in [-0.3, -0.25) is 0 Å². The number of carboxylic acids is 1. The van der Waals surface area contributed by atoms with Gasteiger partial charge in [0.25, 0.3) is 0 Å². The Bertz CT molecular complexity index is 601. The van der Waals surface area contributed by atoms with Gasteiger partial charge in [-0.25, -0.2) is 9.59 Å². The van der Waals surface area contributed by atoms with E-state index in [-0.39, 0.29) is 16.5 Å². The molecule has 1 aromatic rings. The second-order valence-electron chi connectivity index (χ2n) is 8.02. The van der Waals surface area contributed by atoms with E-state index in [9.17, 15) is 14.7 Å². The highest BCUT2D eigenvalue weighted by atomic mass is 16.6. The molecule has 0 saturated heterocycles. The third-order valence-corrected chi connectivity index (χ3v) is 3.32. The van der Waals surface area contributed by atoms with E-state index in [1.165, 1.54) is 0 Å². The third-order valence-electron chi connectivity index (χ3n) is 3.32. The van der Waals surface area contributed by atoms with Crippen LogP contribution < -0.4 is 0 Å². The molecule has 1 N–H and O–H groups in total. The molecule has 0 spiro atoms. The predicted octanol–water partition coefficient (Wildman–Crippen LogP) is 4.49. The Balaban J connectivity index is 3.45. The van der Waals surface area contributed by atoms with Crippen molar-refractivity contribution in [3.63, 3.8) is 0 Å². The minimum atomic E-state index is -1.08. The number of carboxylic acid groups (broad SMARTS) is 1. The van der Waals surface area contributed by atoms with Gasteiger partial charge in [-0.1, -0.05) is 33.8 Å². The molecule has 1 rings (SSSR count). The Morgan fingerprint density at radius 3 is 2.04 bits per heavy atom. The van der Waals surface area contributed by atoms with Crippen LogP contribution in [0.15, 0.2) is 12.1 Å². The van der Waals surface area contributed by atoms with Gasteiger partial charge < -0.3 is 9.84 Å². The first kappa shape index (κ1) is 19.2. The molecule has 1 aromatic carbocycles. The zero-order valence-electron chi connectivity index (χ0n) is 15.2. The van der Waals surface area contributed by atoms with Crippen molar-refractivity contribution < 1.29 is 19.4 Å². The van der Waals surface area contributed by atoms with E-state index in [1.54, 1.807) is 26.8 Å². The SMILES string of the molecule is CCc1c(CC(C)(C)C)ccc(C(=O)OC(C)(C)C)c1C(=O)O. The summed E-state index contributed by atoms with van der Waals surface area (Å²) in [5, 5.41) is 9.64. The highest BCUT2D eigenvalue weighted by molar-refractivity contribution is 6.03. The van der Waals surface area contributed by atoms with E-state index in [4.69, 9.17) is 4.74 Å². The molecule has 4 nitrogen and oxygen atoms in total. The summed E-state index contributed by atoms with van der Waals surface area (Å²) in [7, 11) is 0. The first-order valence-electron chi connectivity index (χ1n) is 7.97. The number of ether oxygens (including phenoxy) is 1. The number of carbonyl (C=O) groups is 2. The van der Waals surface area contributed by atoms with E-state index in [0.717, 1.165) is 17.5 Å². The fourth-order valence-electron chi connectivity index (χ4n) is 2.58. The largest absolute Gasteiger partial charge is 0.478 e. The van der Waals surface area contributed by atoms with E-state index >= 15 is 0 Å². The molecule has 4 heteroatoms. The molecule has 0 aliphatic carbocycles. The number of hydrogen-bond donors (Lipinski definition) is 1. The van der Waals surface area contributed by atoms with Crippen LogP contribution in [-0.2, 0) is 17.6 Å². The van der Waals surface area contributed by atoms with Gasteiger partial charge in [0.05, 0.1) is 11.1 Å². The van der Waals surface area contributed by atoms with Gasteiger partial charge >= 0.3 is 11.9 Å². The lowest BCUT2D eigenvalue weighted by molar-refractivity contribution is 0.00656. The van der Waals surface area contributed by atoms with Crippen molar-refractivity contribution in [3.05, 3.63) is 34.4 Å². The molecule has 0 saturated carbocycles. The van der Waals surface area contributed by atoms with Crippen molar-refractivity contribution in [3.8, 4) is 0 Å². The van der Waals surface area contributed by atoms with Crippen LogP contribution in [0.4, 0.5) is 0 Å². The van der Waals surface area contributed by atoms with E-state index in [1.807, 2.05) is 13.0 Å². The van der Waals surface area contributed by atoms with Gasteiger partial charge in [0.15, 0.2) is 0 Å². The van der Waals surface area contributed by atoms with Crippen LogP contribution in [-0.4, -0.2) is 22.6 Å². The lowest BCUT2D eigenvalue weighted by Gasteiger charge is -2.24. The summed E-state index contributed by atoms with van der Waals surface area (Å²) in [6.45, 7) is 13.5. The normalized spacial score (nSPS) is 12.1. The second-order valence-corrected chi connectivity index (χ2v) is 8.02. The van der Waals surface area contributed by atoms with Crippen molar-refractivity contribution in [1.29, 1.82) is 0 Å². The number of esters is 1. The average molecular weight is 320 g/mol. The standard InChI is InChI=1S/C19H28O4/c1-8-13-12(11-18(2,3)4)9-10-14(15(13)16(20)21)17(22)23-19(5,6)7/h9-10H,8,11H2,1-7H3,(H,20,21). The van der Waals surface area contributed by atoms with Crippen molar-refractivity contribution in [2.24, 2.45) is 5.41 Å². The molecule has 0 aliphatic heterocycles. The van der Waals surface area contributed by atoms with Crippen LogP contribution in [0.5, 0.6) is 0 Å². The Kier molecular flexibility index (Phi) is 5.62. The monoisotopic (exact) mass is 320 g/mol. The molecule has 23 heavy (non-hydrogen) atoms. The second kappa shape index (κ2) is 6.73. The van der Waals surface area contributed by atoms with E-state index in [2.05, 4.69) is 20.8 Å². The van der Waals surface area contributed by atoms with E-state index in [0.29, 0.717) is 6.42 Å². The number of carbonyl (C=O) groups excluding carboxylic acids is 1. The number of rotatable bonds is 4. The molecule has 0 radical (unpaired) electrons. The van der Waals surface area contributed by atoms with Gasteiger partial charge in [0.2, 0.25) is 0 Å². The van der Waals surface area contributed by atoms with Gasteiger partial charge in [-0.2, -0.15) is 0 Å². The molecule has 0 aliphatic rings. The molecule has 0 amide bonds. The Labute approximate surface area is 138 Å². The quantitative estimate of drug-likeness (QED) is 0.830. The number of hydrogen-bond acceptors (Lipinski definition) is 3. The summed E-state index contributed by atoms with van der Waals surface area (Å²) < 4.78 is 5.35. The molecule has 0 aromatic heterocycles. The highest BCUT2D eigenvalue weighted by Gasteiger charge is 2.27. The van der Waals surface area contributed by atoms with Crippen LogP contribution in [0.3, 0.4) is 0 Å². The lowest BCUT2D eigenvalue weighted by Crippen LogP contribution is -2.26. The van der Waals surface area contributed by atoms with Crippen molar-refractivity contribution >= 4 is 11.9 Å². The minimum absolute atomic E-state index is 0.0348. The minimum Gasteiger partial charge on any atom is -0.478 e. The zero-order valence-corrected chi connectivity index (χ0v) is 15.2. The molecule has 128 valence electrons. The summed E-state index contributed by atoms with van der Waals surface area (Å²) in [5.41, 5.74) is 1.27. The van der Waals surface area contributed by atoms with Crippen LogP contribution in [0.2, 0.25) is 0 Å². The smallest absolute Gasteiger partial charge is 0.339 e.